The summed E-state index contributed by atoms with van der Waals surface area (Å²) in [5.41, 5.74) is 2.27. The minimum Gasteiger partial charge on any atom is -0.293 e. The van der Waals surface area contributed by atoms with Gasteiger partial charge >= 0.3 is 0 Å². The zero-order chi connectivity index (χ0) is 14.9. The van der Waals surface area contributed by atoms with Crippen molar-refractivity contribution in [2.45, 2.75) is 26.2 Å². The van der Waals surface area contributed by atoms with Crippen molar-refractivity contribution in [3.05, 3.63) is 68.1 Å². The lowest BCUT2D eigenvalue weighted by atomic mass is 9.78. The van der Waals surface area contributed by atoms with Gasteiger partial charge in [-0.15, -0.1) is 0 Å². The topological polar surface area (TPSA) is 17.1 Å². The number of rotatable bonds is 3. The van der Waals surface area contributed by atoms with Crippen LogP contribution >= 0.6 is 31.9 Å². The highest BCUT2D eigenvalue weighted by Crippen LogP contribution is 2.33. The van der Waals surface area contributed by atoms with E-state index in [1.165, 1.54) is 0 Å². The molecule has 0 fully saturated rings. The first-order valence-corrected chi connectivity index (χ1v) is 7.98. The minimum atomic E-state index is -0.557. The van der Waals surface area contributed by atoms with Crippen molar-refractivity contribution in [3.8, 4) is 0 Å². The van der Waals surface area contributed by atoms with Gasteiger partial charge in [0.15, 0.2) is 5.78 Å². The molecule has 0 aliphatic rings. The molecule has 0 aromatic heterocycles. The lowest BCUT2D eigenvalue weighted by molar-refractivity contribution is 0.0908. The van der Waals surface area contributed by atoms with E-state index < -0.39 is 5.41 Å². The van der Waals surface area contributed by atoms with Gasteiger partial charge in [0.05, 0.1) is 5.41 Å². The zero-order valence-corrected chi connectivity index (χ0v) is 14.9. The molecule has 0 radical (unpaired) electrons. The van der Waals surface area contributed by atoms with Gasteiger partial charge in [-0.3, -0.25) is 4.79 Å². The zero-order valence-electron chi connectivity index (χ0n) is 11.7. The fourth-order valence-corrected chi connectivity index (χ4v) is 3.12. The normalized spacial score (nSPS) is 11.4. The predicted molar refractivity (Wildman–Crippen MR) is 90.4 cm³/mol. The summed E-state index contributed by atoms with van der Waals surface area (Å²) in [6.07, 6.45) is 0. The van der Waals surface area contributed by atoms with Gasteiger partial charge in [0.2, 0.25) is 0 Å². The van der Waals surface area contributed by atoms with E-state index in [4.69, 9.17) is 0 Å². The molecule has 0 bridgehead atoms. The van der Waals surface area contributed by atoms with Crippen molar-refractivity contribution < 1.29 is 4.79 Å². The summed E-state index contributed by atoms with van der Waals surface area (Å²) in [4.78, 5) is 12.9. The van der Waals surface area contributed by atoms with Crippen LogP contribution in [0.1, 0.15) is 35.3 Å². The minimum absolute atomic E-state index is 0.108. The van der Waals surface area contributed by atoms with E-state index in [1.54, 1.807) is 0 Å². The number of hydrogen-bond acceptors (Lipinski definition) is 1. The Labute approximate surface area is 136 Å². The molecule has 2 aromatic rings. The van der Waals surface area contributed by atoms with E-state index in [0.29, 0.717) is 5.56 Å². The van der Waals surface area contributed by atoms with Gasteiger partial charge in [-0.2, -0.15) is 0 Å². The molecule has 0 aliphatic heterocycles. The molecule has 0 N–H and O–H groups in total. The number of ketones is 1. The third-order valence-electron chi connectivity index (χ3n) is 3.56. The Kier molecular flexibility index (Phi) is 4.50. The van der Waals surface area contributed by atoms with E-state index in [9.17, 15) is 4.79 Å². The fourth-order valence-electron chi connectivity index (χ4n) is 2.14. The average molecular weight is 396 g/mol. The van der Waals surface area contributed by atoms with Crippen molar-refractivity contribution >= 4 is 37.6 Å². The lowest BCUT2D eigenvalue weighted by Crippen LogP contribution is -2.29. The summed E-state index contributed by atoms with van der Waals surface area (Å²) in [7, 11) is 0. The molecular weight excluding hydrogens is 380 g/mol. The van der Waals surface area contributed by atoms with Crippen molar-refractivity contribution in [1.82, 2.24) is 0 Å². The third-order valence-corrected chi connectivity index (χ3v) is 5.07. The maximum atomic E-state index is 12.9. The van der Waals surface area contributed by atoms with Crippen molar-refractivity contribution in [2.75, 3.05) is 0 Å². The first-order chi connectivity index (χ1) is 9.34. The Morgan fingerprint density at radius 1 is 1.00 bits per heavy atom. The van der Waals surface area contributed by atoms with Crippen LogP contribution < -0.4 is 0 Å². The Hall–Kier alpha value is -0.930. The largest absolute Gasteiger partial charge is 0.293 e. The van der Waals surface area contributed by atoms with Gasteiger partial charge in [0, 0.05) is 14.5 Å². The van der Waals surface area contributed by atoms with Crippen LogP contribution in [0.25, 0.3) is 0 Å². The molecule has 0 atom stereocenters. The van der Waals surface area contributed by atoms with Gasteiger partial charge in [-0.1, -0.05) is 62.2 Å². The Bertz CT molecular complexity index is 646. The third kappa shape index (κ3) is 2.89. The predicted octanol–water partition coefficient (Wildman–Crippen LogP) is 5.68. The second-order valence-electron chi connectivity index (χ2n) is 5.40. The second-order valence-corrected chi connectivity index (χ2v) is 7.11. The van der Waals surface area contributed by atoms with Crippen LogP contribution in [-0.4, -0.2) is 5.78 Å². The maximum absolute atomic E-state index is 12.9. The summed E-state index contributed by atoms with van der Waals surface area (Å²) in [6, 6.07) is 13.7. The molecule has 104 valence electrons. The number of Topliss-reactive ketones (excluding diaryl/α,β-unsaturated/α-hetero) is 1. The van der Waals surface area contributed by atoms with Gasteiger partial charge in [-0.25, -0.2) is 0 Å². The highest BCUT2D eigenvalue weighted by Gasteiger charge is 2.31. The number of halogens is 2. The summed E-state index contributed by atoms with van der Waals surface area (Å²) >= 11 is 7.00. The molecule has 2 rings (SSSR count). The van der Waals surface area contributed by atoms with Gasteiger partial charge in [-0.05, 0) is 44.0 Å². The number of hydrogen-bond donors (Lipinski definition) is 0. The fraction of sp³-hybridized carbons (Fsp3) is 0.235. The molecule has 0 unspecified atom stereocenters. The number of aryl methyl sites for hydroxylation is 1. The first-order valence-electron chi connectivity index (χ1n) is 6.40. The van der Waals surface area contributed by atoms with E-state index in [-0.39, 0.29) is 5.78 Å². The monoisotopic (exact) mass is 394 g/mol. The van der Waals surface area contributed by atoms with E-state index in [0.717, 1.165) is 20.1 Å². The maximum Gasteiger partial charge on any atom is 0.173 e. The van der Waals surface area contributed by atoms with Gasteiger partial charge in [0.25, 0.3) is 0 Å². The molecule has 0 spiro atoms. The lowest BCUT2D eigenvalue weighted by Gasteiger charge is -2.24. The molecule has 1 nitrogen and oxygen atoms in total. The standard InChI is InChI=1S/C17H16Br2O/c1-11-9-15(19)13(10-14(11)18)16(20)17(2,3)12-7-5-4-6-8-12/h4-10H,1-3H3. The van der Waals surface area contributed by atoms with Crippen LogP contribution in [0.5, 0.6) is 0 Å². The van der Waals surface area contributed by atoms with Crippen LogP contribution in [0.15, 0.2) is 51.4 Å². The van der Waals surface area contributed by atoms with Gasteiger partial charge < -0.3 is 0 Å². The summed E-state index contributed by atoms with van der Waals surface area (Å²) < 4.78 is 1.79. The van der Waals surface area contributed by atoms with Crippen molar-refractivity contribution in [2.24, 2.45) is 0 Å². The Morgan fingerprint density at radius 2 is 1.60 bits per heavy atom. The first kappa shape index (κ1) is 15.5. The summed E-state index contributed by atoms with van der Waals surface area (Å²) in [5.74, 6) is 0.108. The van der Waals surface area contributed by atoms with Gasteiger partial charge in [0.1, 0.15) is 0 Å². The SMILES string of the molecule is Cc1cc(Br)c(C(=O)C(C)(C)c2ccccc2)cc1Br. The molecule has 2 aromatic carbocycles. The molecular formula is C17H16Br2O. The van der Waals surface area contributed by atoms with Crippen molar-refractivity contribution in [3.63, 3.8) is 0 Å². The smallest absolute Gasteiger partial charge is 0.173 e. The molecule has 3 heteroatoms. The van der Waals surface area contributed by atoms with Crippen LogP contribution in [-0.2, 0) is 5.41 Å². The van der Waals surface area contributed by atoms with E-state index in [2.05, 4.69) is 31.9 Å². The molecule has 0 amide bonds. The van der Waals surface area contributed by atoms with E-state index in [1.807, 2.05) is 63.2 Å². The number of carbonyl (C=O) groups is 1. The summed E-state index contributed by atoms with van der Waals surface area (Å²) in [5, 5.41) is 0. The van der Waals surface area contributed by atoms with Crippen LogP contribution in [0, 0.1) is 6.92 Å². The number of carbonyl (C=O) groups excluding carboxylic acids is 1. The molecule has 0 heterocycles. The second kappa shape index (κ2) is 5.82. The van der Waals surface area contributed by atoms with E-state index >= 15 is 0 Å². The molecule has 0 saturated carbocycles. The molecule has 20 heavy (non-hydrogen) atoms. The average Bonchev–Trinajstić information content (AvgIpc) is 2.43. The molecule has 0 aliphatic carbocycles. The summed E-state index contributed by atoms with van der Waals surface area (Å²) in [6.45, 7) is 5.93. The highest BCUT2D eigenvalue weighted by molar-refractivity contribution is 9.11. The number of benzene rings is 2. The molecule has 0 saturated heterocycles. The van der Waals surface area contributed by atoms with Crippen LogP contribution in [0.4, 0.5) is 0 Å². The Balaban J connectivity index is 2.49. The van der Waals surface area contributed by atoms with Crippen LogP contribution in [0.2, 0.25) is 0 Å². The highest BCUT2D eigenvalue weighted by atomic mass is 79.9. The van der Waals surface area contributed by atoms with Crippen LogP contribution in [0.3, 0.4) is 0 Å². The quantitative estimate of drug-likeness (QED) is 0.611. The Morgan fingerprint density at radius 3 is 2.20 bits per heavy atom. The van der Waals surface area contributed by atoms with Crippen molar-refractivity contribution in [1.29, 1.82) is 0 Å².